The molecule has 0 aliphatic carbocycles. The van der Waals surface area contributed by atoms with Crippen LogP contribution < -0.4 is 10.6 Å². The molecule has 2 amide bonds. The molecule has 8 heteroatoms. The molecule has 168 valence electrons. The van der Waals surface area contributed by atoms with Gasteiger partial charge in [-0.2, -0.15) is 0 Å². The highest BCUT2D eigenvalue weighted by Crippen LogP contribution is 2.25. The Hall–Kier alpha value is -3.13. The van der Waals surface area contributed by atoms with Crippen molar-refractivity contribution in [2.45, 2.75) is 51.4 Å². The molecule has 0 spiro atoms. The van der Waals surface area contributed by atoms with Crippen LogP contribution >= 0.6 is 11.8 Å². The molecule has 1 heterocycles. The van der Waals surface area contributed by atoms with Gasteiger partial charge in [0, 0.05) is 17.8 Å². The van der Waals surface area contributed by atoms with E-state index in [1.54, 1.807) is 12.1 Å². The van der Waals surface area contributed by atoms with Crippen LogP contribution in [0.5, 0.6) is 0 Å². The minimum absolute atomic E-state index is 0.0965. The van der Waals surface area contributed by atoms with E-state index in [2.05, 4.69) is 34.7 Å². The van der Waals surface area contributed by atoms with Gasteiger partial charge in [0.15, 0.2) is 11.0 Å². The Morgan fingerprint density at radius 3 is 2.38 bits per heavy atom. The number of carbonyl (C=O) groups is 2. The van der Waals surface area contributed by atoms with Crippen LogP contribution in [0.2, 0.25) is 0 Å². The van der Waals surface area contributed by atoms with Crippen molar-refractivity contribution in [1.29, 1.82) is 0 Å². The molecule has 0 saturated carbocycles. The fourth-order valence-corrected chi connectivity index (χ4v) is 4.20. The monoisotopic (exact) mass is 451 g/mol. The van der Waals surface area contributed by atoms with Crippen molar-refractivity contribution in [3.63, 3.8) is 0 Å². The molecule has 2 aromatic carbocycles. The van der Waals surface area contributed by atoms with Gasteiger partial charge in [-0.3, -0.25) is 9.59 Å². The Bertz CT molecular complexity index is 1070. The second kappa shape index (κ2) is 10.9. The molecule has 1 atom stereocenters. The number of nitrogens with one attached hydrogen (secondary N) is 2. The van der Waals surface area contributed by atoms with E-state index < -0.39 is 0 Å². The smallest absolute Gasteiger partial charge is 0.251 e. The van der Waals surface area contributed by atoms with E-state index in [9.17, 15) is 9.59 Å². The van der Waals surface area contributed by atoms with Crippen molar-refractivity contribution in [2.75, 3.05) is 11.1 Å². The van der Waals surface area contributed by atoms with Gasteiger partial charge >= 0.3 is 0 Å². The normalized spacial score (nSPS) is 11.9. The highest BCUT2D eigenvalue weighted by molar-refractivity contribution is 7.99. The maximum absolute atomic E-state index is 12.6. The molecule has 0 aliphatic rings. The summed E-state index contributed by atoms with van der Waals surface area (Å²) in [6, 6.07) is 16.6. The summed E-state index contributed by atoms with van der Waals surface area (Å²) in [6.07, 6.45) is 0. The van der Waals surface area contributed by atoms with E-state index in [0.29, 0.717) is 29.0 Å². The third kappa shape index (κ3) is 5.76. The predicted molar refractivity (Wildman–Crippen MR) is 128 cm³/mol. The van der Waals surface area contributed by atoms with Gasteiger partial charge in [0.2, 0.25) is 5.91 Å². The Labute approximate surface area is 193 Å². The second-order valence-electron chi connectivity index (χ2n) is 7.73. The molecule has 32 heavy (non-hydrogen) atoms. The number of nitrogens with zero attached hydrogens (tertiary/aromatic N) is 3. The third-order valence-corrected chi connectivity index (χ3v) is 5.99. The highest BCUT2D eigenvalue weighted by atomic mass is 32.2. The van der Waals surface area contributed by atoms with Gasteiger partial charge in [-0.1, -0.05) is 62.0 Å². The van der Waals surface area contributed by atoms with Crippen molar-refractivity contribution in [2.24, 2.45) is 0 Å². The summed E-state index contributed by atoms with van der Waals surface area (Å²) in [5, 5.41) is 15.1. The minimum atomic E-state index is -0.323. The van der Waals surface area contributed by atoms with Gasteiger partial charge in [-0.05, 0) is 43.5 Å². The first kappa shape index (κ1) is 23.5. The van der Waals surface area contributed by atoms with Crippen LogP contribution in [-0.2, 0) is 11.3 Å². The number of hydrogen-bond donors (Lipinski definition) is 2. The topological polar surface area (TPSA) is 88.9 Å². The highest BCUT2D eigenvalue weighted by Gasteiger charge is 2.20. The van der Waals surface area contributed by atoms with E-state index in [1.807, 2.05) is 60.9 Å². The lowest BCUT2D eigenvalue weighted by Gasteiger charge is -2.15. The average Bonchev–Trinajstić information content (AvgIpc) is 3.21. The van der Waals surface area contributed by atoms with Crippen LogP contribution in [0.15, 0.2) is 59.8 Å². The standard InChI is InChI=1S/C24H29N5O2S/c1-5-29-22(17(4)25-23(31)18-11-7-6-8-12-18)27-28-24(29)32-15-21(30)26-20-14-10-9-13-19(20)16(2)3/h6-14,16-17H,5,15H2,1-4H3,(H,25,31)(H,26,30)/t17-/m1/s1. The molecule has 3 rings (SSSR count). The Kier molecular flexibility index (Phi) is 8.05. The van der Waals surface area contributed by atoms with Gasteiger partial charge in [0.25, 0.3) is 5.91 Å². The molecule has 1 aromatic heterocycles. The molecule has 0 bridgehead atoms. The molecule has 3 aromatic rings. The number of rotatable bonds is 9. The maximum atomic E-state index is 12.6. The van der Waals surface area contributed by atoms with Gasteiger partial charge < -0.3 is 15.2 Å². The third-order valence-electron chi connectivity index (χ3n) is 5.02. The van der Waals surface area contributed by atoms with Crippen molar-refractivity contribution < 1.29 is 9.59 Å². The van der Waals surface area contributed by atoms with Crippen molar-refractivity contribution in [3.8, 4) is 0 Å². The van der Waals surface area contributed by atoms with Gasteiger partial charge in [-0.15, -0.1) is 10.2 Å². The molecule has 0 radical (unpaired) electrons. The summed E-state index contributed by atoms with van der Waals surface area (Å²) >= 11 is 1.33. The van der Waals surface area contributed by atoms with E-state index in [0.717, 1.165) is 11.3 Å². The molecule has 0 aliphatic heterocycles. The second-order valence-corrected chi connectivity index (χ2v) is 8.67. The van der Waals surface area contributed by atoms with E-state index >= 15 is 0 Å². The van der Waals surface area contributed by atoms with E-state index in [1.165, 1.54) is 11.8 Å². The first-order valence-corrected chi connectivity index (χ1v) is 11.7. The first-order valence-electron chi connectivity index (χ1n) is 10.7. The Morgan fingerprint density at radius 1 is 1.00 bits per heavy atom. The fraction of sp³-hybridized carbons (Fsp3) is 0.333. The zero-order valence-corrected chi connectivity index (χ0v) is 19.6. The molecule has 7 nitrogen and oxygen atoms in total. The van der Waals surface area contributed by atoms with Crippen LogP contribution in [0.3, 0.4) is 0 Å². The zero-order chi connectivity index (χ0) is 23.1. The number of amides is 2. The number of anilines is 1. The van der Waals surface area contributed by atoms with Crippen LogP contribution in [-0.4, -0.2) is 32.3 Å². The van der Waals surface area contributed by atoms with E-state index in [-0.39, 0.29) is 23.6 Å². The Morgan fingerprint density at radius 2 is 1.69 bits per heavy atom. The van der Waals surface area contributed by atoms with Crippen molar-refractivity contribution >= 4 is 29.3 Å². The lowest BCUT2D eigenvalue weighted by Crippen LogP contribution is -2.28. The largest absolute Gasteiger partial charge is 0.342 e. The quantitative estimate of drug-likeness (QED) is 0.463. The number of aromatic nitrogens is 3. The molecular weight excluding hydrogens is 422 g/mol. The minimum Gasteiger partial charge on any atom is -0.342 e. The molecule has 0 unspecified atom stereocenters. The number of benzene rings is 2. The Balaban J connectivity index is 1.63. The van der Waals surface area contributed by atoms with Crippen molar-refractivity contribution in [3.05, 3.63) is 71.5 Å². The van der Waals surface area contributed by atoms with Gasteiger partial charge in [-0.25, -0.2) is 0 Å². The van der Waals surface area contributed by atoms with E-state index in [4.69, 9.17) is 0 Å². The first-order chi connectivity index (χ1) is 15.4. The summed E-state index contributed by atoms with van der Waals surface area (Å²) in [7, 11) is 0. The van der Waals surface area contributed by atoms with Crippen LogP contribution in [0.25, 0.3) is 0 Å². The average molecular weight is 452 g/mol. The van der Waals surface area contributed by atoms with Crippen LogP contribution in [0.1, 0.15) is 61.4 Å². The molecule has 0 fully saturated rings. The summed E-state index contributed by atoms with van der Waals surface area (Å²) < 4.78 is 1.93. The van der Waals surface area contributed by atoms with Gasteiger partial charge in [0.1, 0.15) is 0 Å². The SMILES string of the molecule is CCn1c(SCC(=O)Nc2ccccc2C(C)C)nnc1[C@@H](C)NC(=O)c1ccccc1. The molecular formula is C24H29N5O2S. The summed E-state index contributed by atoms with van der Waals surface area (Å²) in [4.78, 5) is 25.0. The molecule has 2 N–H and O–H groups in total. The van der Waals surface area contributed by atoms with Crippen LogP contribution in [0.4, 0.5) is 5.69 Å². The predicted octanol–water partition coefficient (Wildman–Crippen LogP) is 4.64. The lowest BCUT2D eigenvalue weighted by atomic mass is 10.0. The van der Waals surface area contributed by atoms with Crippen LogP contribution in [0, 0.1) is 0 Å². The maximum Gasteiger partial charge on any atom is 0.251 e. The zero-order valence-electron chi connectivity index (χ0n) is 18.8. The van der Waals surface area contributed by atoms with Crippen molar-refractivity contribution in [1.82, 2.24) is 20.1 Å². The molecule has 0 saturated heterocycles. The summed E-state index contributed by atoms with van der Waals surface area (Å²) in [6.45, 7) is 8.70. The lowest BCUT2D eigenvalue weighted by molar-refractivity contribution is -0.113. The van der Waals surface area contributed by atoms with Gasteiger partial charge in [0.05, 0.1) is 11.8 Å². The number of carbonyl (C=O) groups excluding carboxylic acids is 2. The fourth-order valence-electron chi connectivity index (χ4n) is 3.39. The number of thioether (sulfide) groups is 1. The summed E-state index contributed by atoms with van der Waals surface area (Å²) in [5.74, 6) is 0.930. The number of hydrogen-bond acceptors (Lipinski definition) is 5. The summed E-state index contributed by atoms with van der Waals surface area (Å²) in [5.41, 5.74) is 2.53. The number of para-hydroxylation sites is 1.